The summed E-state index contributed by atoms with van der Waals surface area (Å²) in [5.41, 5.74) is 6.84. The Kier molecular flexibility index (Phi) is 6.09. The van der Waals surface area contributed by atoms with E-state index in [4.69, 9.17) is 5.73 Å². The van der Waals surface area contributed by atoms with Gasteiger partial charge in [-0.3, -0.25) is 6.07 Å². The smallest absolute Gasteiger partial charge is 0.473 e. The molecule has 0 amide bonds. The van der Waals surface area contributed by atoms with Crippen LogP contribution in [0.3, 0.4) is 0 Å². The van der Waals surface area contributed by atoms with Crippen LogP contribution in [-0.2, 0) is 0 Å². The Labute approximate surface area is 109 Å². The summed E-state index contributed by atoms with van der Waals surface area (Å²) in [6.45, 7) is 1.99. The van der Waals surface area contributed by atoms with E-state index in [1.807, 2.05) is 25.1 Å². The molecule has 0 unspecified atom stereocenters. The largest absolute Gasteiger partial charge is 1.00 e. The molecule has 0 spiro atoms. The van der Waals surface area contributed by atoms with Crippen LogP contribution in [0.4, 0.5) is 5.69 Å². The first-order chi connectivity index (χ1) is 4.83. The molecule has 0 atom stereocenters. The molecule has 52 valence electrons. The van der Waals surface area contributed by atoms with Gasteiger partial charge in [-0.05, 0) is 0 Å². The summed E-state index contributed by atoms with van der Waals surface area (Å²) in [6, 6.07) is 8.55. The molecule has 0 fully saturated rings. The predicted octanol–water partition coefficient (Wildman–Crippen LogP) is -1.71. The summed E-state index contributed by atoms with van der Waals surface area (Å²) < 4.78 is 0. The third-order valence-corrected chi connectivity index (χ3v) is 1.13. The first kappa shape index (κ1) is 11.3. The molecule has 11 heavy (non-hydrogen) atoms. The van der Waals surface area contributed by atoms with Crippen molar-refractivity contribution in [2.75, 3.05) is 0 Å². The molecule has 0 aliphatic carbocycles. The van der Waals surface area contributed by atoms with Crippen molar-refractivity contribution in [3.8, 4) is 0 Å². The van der Waals surface area contributed by atoms with E-state index in [1.54, 1.807) is 0 Å². The van der Waals surface area contributed by atoms with E-state index in [-0.39, 0.29) is 51.4 Å². The summed E-state index contributed by atoms with van der Waals surface area (Å²) in [5, 5.41) is 0. The number of nitrogens with zero attached hydrogens (tertiary/aromatic N) is 1. The van der Waals surface area contributed by atoms with Crippen LogP contribution in [0.5, 0.6) is 0 Å². The van der Waals surface area contributed by atoms with Crippen molar-refractivity contribution in [3.05, 3.63) is 29.8 Å². The molecule has 0 aliphatic rings. The number of nitrogens with two attached hydrogens (primary N) is 1. The van der Waals surface area contributed by atoms with E-state index in [9.17, 15) is 0 Å². The van der Waals surface area contributed by atoms with E-state index >= 15 is 0 Å². The minimum absolute atomic E-state index is 0. The summed E-state index contributed by atoms with van der Waals surface area (Å²) in [4.78, 5) is 3.74. The SMILES string of the molecule is Cc1cc[c-]c(N=[C-]N)c1.[K+]. The van der Waals surface area contributed by atoms with Gasteiger partial charge in [0.05, 0.1) is 0 Å². The molecule has 0 aromatic heterocycles. The second kappa shape index (κ2) is 5.91. The molecule has 1 aromatic rings. The number of hydrogen-bond donors (Lipinski definition) is 1. The van der Waals surface area contributed by atoms with Crippen molar-refractivity contribution in [1.29, 1.82) is 0 Å². The zero-order valence-electron chi connectivity index (χ0n) is 6.76. The Hall–Kier alpha value is 0.326. The minimum atomic E-state index is 0. The van der Waals surface area contributed by atoms with Crippen molar-refractivity contribution in [2.24, 2.45) is 10.7 Å². The summed E-state index contributed by atoms with van der Waals surface area (Å²) in [6.07, 6.45) is 2.20. The van der Waals surface area contributed by atoms with E-state index in [0.717, 1.165) is 11.3 Å². The van der Waals surface area contributed by atoms with E-state index in [1.165, 1.54) is 0 Å². The fourth-order valence-corrected chi connectivity index (χ4v) is 0.698. The fraction of sp³-hybridized carbons (Fsp3) is 0.125. The van der Waals surface area contributed by atoms with Crippen molar-refractivity contribution in [1.82, 2.24) is 0 Å². The van der Waals surface area contributed by atoms with Crippen molar-refractivity contribution < 1.29 is 51.4 Å². The molecule has 1 rings (SSSR count). The fourth-order valence-electron chi connectivity index (χ4n) is 0.698. The molecule has 0 radical (unpaired) electrons. The van der Waals surface area contributed by atoms with Crippen LogP contribution in [0.15, 0.2) is 23.2 Å². The van der Waals surface area contributed by atoms with Crippen LogP contribution in [0.25, 0.3) is 0 Å². The van der Waals surface area contributed by atoms with Gasteiger partial charge in [0.1, 0.15) is 0 Å². The van der Waals surface area contributed by atoms with E-state index in [2.05, 4.69) is 17.4 Å². The minimum Gasteiger partial charge on any atom is -0.473 e. The van der Waals surface area contributed by atoms with Gasteiger partial charge >= 0.3 is 51.4 Å². The third kappa shape index (κ3) is 4.03. The Morgan fingerprint density at radius 1 is 1.64 bits per heavy atom. The number of aliphatic imine (C=N–C) groups is 1. The average Bonchev–Trinajstić information content (AvgIpc) is 1.88. The van der Waals surface area contributed by atoms with Crippen LogP contribution in [0, 0.1) is 13.0 Å². The molecule has 1 aromatic carbocycles. The molecular formula is C8H8KN2-. The maximum atomic E-state index is 4.97. The van der Waals surface area contributed by atoms with Crippen molar-refractivity contribution in [2.45, 2.75) is 6.92 Å². The Morgan fingerprint density at radius 2 is 2.36 bits per heavy atom. The van der Waals surface area contributed by atoms with Crippen LogP contribution in [-0.4, -0.2) is 6.34 Å². The number of benzene rings is 1. The molecule has 2 N–H and O–H groups in total. The van der Waals surface area contributed by atoms with Gasteiger partial charge < -0.3 is 10.7 Å². The second-order valence-electron chi connectivity index (χ2n) is 1.99. The van der Waals surface area contributed by atoms with Gasteiger partial charge in [-0.2, -0.15) is 17.7 Å². The molecule has 0 saturated carbocycles. The van der Waals surface area contributed by atoms with Crippen molar-refractivity contribution in [3.63, 3.8) is 0 Å². The van der Waals surface area contributed by atoms with Gasteiger partial charge in [0.2, 0.25) is 0 Å². The van der Waals surface area contributed by atoms with Crippen LogP contribution in [0.2, 0.25) is 0 Å². The molecule has 0 aliphatic heterocycles. The van der Waals surface area contributed by atoms with Gasteiger partial charge in [0, 0.05) is 0 Å². The first-order valence-electron chi connectivity index (χ1n) is 2.97. The van der Waals surface area contributed by atoms with E-state index in [0.29, 0.717) is 0 Å². The van der Waals surface area contributed by atoms with Crippen molar-refractivity contribution >= 4 is 12.0 Å². The topological polar surface area (TPSA) is 38.4 Å². The van der Waals surface area contributed by atoms with Gasteiger partial charge in [-0.15, -0.1) is 0 Å². The Balaban J connectivity index is 0.000001000. The quantitative estimate of drug-likeness (QED) is 0.177. The average molecular weight is 171 g/mol. The number of hydrogen-bond acceptors (Lipinski definition) is 1. The molecule has 2 nitrogen and oxygen atoms in total. The van der Waals surface area contributed by atoms with Crippen LogP contribution in [0.1, 0.15) is 5.56 Å². The zero-order valence-corrected chi connectivity index (χ0v) is 9.88. The molecule has 0 heterocycles. The second-order valence-corrected chi connectivity index (χ2v) is 1.99. The molecule has 3 heteroatoms. The first-order valence-corrected chi connectivity index (χ1v) is 2.97. The zero-order chi connectivity index (χ0) is 7.40. The third-order valence-electron chi connectivity index (χ3n) is 1.13. The monoisotopic (exact) mass is 171 g/mol. The maximum absolute atomic E-state index is 4.97. The van der Waals surface area contributed by atoms with Gasteiger partial charge in [0.15, 0.2) is 0 Å². The summed E-state index contributed by atoms with van der Waals surface area (Å²) in [7, 11) is 0. The summed E-state index contributed by atoms with van der Waals surface area (Å²) in [5.74, 6) is 0. The van der Waals surface area contributed by atoms with Crippen LogP contribution < -0.4 is 57.1 Å². The van der Waals surface area contributed by atoms with Crippen LogP contribution >= 0.6 is 0 Å². The molecular weight excluding hydrogens is 163 g/mol. The van der Waals surface area contributed by atoms with Gasteiger partial charge in [0.25, 0.3) is 0 Å². The maximum Gasteiger partial charge on any atom is 1.00 e. The predicted molar refractivity (Wildman–Crippen MR) is 41.3 cm³/mol. The van der Waals surface area contributed by atoms with Gasteiger partial charge in [-0.25, -0.2) is 11.8 Å². The molecule has 0 bridgehead atoms. The Morgan fingerprint density at radius 3 is 2.91 bits per heavy atom. The standard InChI is InChI=1S/C8H8N2.K/c1-7-3-2-4-8(5-7)10-6-9;/h2-3,5H,1H3,(H2,9,10);/q-2;+1. The Bertz CT molecular complexity index is 246. The number of rotatable bonds is 1. The normalized spacial score (nSPS) is 9.55. The number of aryl methyl sites for hydroxylation is 1. The molecule has 0 saturated heterocycles. The summed E-state index contributed by atoms with van der Waals surface area (Å²) >= 11 is 0. The van der Waals surface area contributed by atoms with Gasteiger partial charge in [-0.1, -0.05) is 13.3 Å². The van der Waals surface area contributed by atoms with E-state index < -0.39 is 0 Å².